The number of carbonyl (C=O) groups excluding carboxylic acids is 2. The summed E-state index contributed by atoms with van der Waals surface area (Å²) in [6.07, 6.45) is 0. The van der Waals surface area contributed by atoms with Crippen LogP contribution in [-0.2, 0) is 0 Å². The zero-order valence-corrected chi connectivity index (χ0v) is 15.1. The third-order valence-electron chi connectivity index (χ3n) is 4.64. The van der Waals surface area contributed by atoms with Gasteiger partial charge < -0.3 is 21.7 Å². The van der Waals surface area contributed by atoms with E-state index < -0.39 is 6.03 Å². The predicted octanol–water partition coefficient (Wildman–Crippen LogP) is 2.41. The van der Waals surface area contributed by atoms with Crippen LogP contribution in [0.3, 0.4) is 0 Å². The van der Waals surface area contributed by atoms with Crippen molar-refractivity contribution in [3.8, 4) is 0 Å². The quantitative estimate of drug-likeness (QED) is 0.765. The molecule has 1 heterocycles. The van der Waals surface area contributed by atoms with Crippen molar-refractivity contribution < 1.29 is 9.59 Å². The highest BCUT2D eigenvalue weighted by molar-refractivity contribution is 5.96. The molecule has 6 nitrogen and oxygen atoms in total. The van der Waals surface area contributed by atoms with Crippen molar-refractivity contribution in [3.05, 3.63) is 65.7 Å². The summed E-state index contributed by atoms with van der Waals surface area (Å²) < 4.78 is 0. The fourth-order valence-corrected chi connectivity index (χ4v) is 3.41. The Labute approximate surface area is 159 Å². The van der Waals surface area contributed by atoms with Gasteiger partial charge in [0.2, 0.25) is 0 Å². The first kappa shape index (κ1) is 19.8. The molecule has 0 aliphatic carbocycles. The molecule has 138 valence electrons. The van der Waals surface area contributed by atoms with Crippen molar-refractivity contribution in [2.75, 3.05) is 25.0 Å². The summed E-state index contributed by atoms with van der Waals surface area (Å²) in [6, 6.07) is 16.3. The van der Waals surface area contributed by atoms with Gasteiger partial charge in [-0.25, -0.2) is 4.79 Å². The highest BCUT2D eigenvalue weighted by Crippen LogP contribution is 2.32. The summed E-state index contributed by atoms with van der Waals surface area (Å²) >= 11 is 0. The van der Waals surface area contributed by atoms with Gasteiger partial charge in [0.15, 0.2) is 0 Å². The third kappa shape index (κ3) is 4.33. The molecule has 0 unspecified atom stereocenters. The van der Waals surface area contributed by atoms with E-state index in [2.05, 4.69) is 17.4 Å². The van der Waals surface area contributed by atoms with Crippen LogP contribution in [0.25, 0.3) is 0 Å². The number of nitrogens with zero attached hydrogens (tertiary/aromatic N) is 1. The molecule has 0 radical (unpaired) electrons. The molecule has 3 amide bonds. The third-order valence-corrected chi connectivity index (χ3v) is 4.64. The molecular formula is C19H23ClN4O2. The van der Waals surface area contributed by atoms with E-state index in [4.69, 9.17) is 11.5 Å². The van der Waals surface area contributed by atoms with E-state index in [0.29, 0.717) is 30.9 Å². The molecule has 1 saturated heterocycles. The summed E-state index contributed by atoms with van der Waals surface area (Å²) in [5, 5.41) is 2.49. The van der Waals surface area contributed by atoms with Gasteiger partial charge in [-0.05, 0) is 36.2 Å². The molecular weight excluding hydrogens is 352 g/mol. The Kier molecular flexibility index (Phi) is 6.60. The number of halogens is 1. The van der Waals surface area contributed by atoms with E-state index in [1.54, 1.807) is 24.3 Å². The van der Waals surface area contributed by atoms with Gasteiger partial charge >= 0.3 is 6.03 Å². The summed E-state index contributed by atoms with van der Waals surface area (Å²) in [7, 11) is 0. The molecule has 26 heavy (non-hydrogen) atoms. The van der Waals surface area contributed by atoms with Crippen LogP contribution in [0, 0.1) is 5.92 Å². The average molecular weight is 375 g/mol. The predicted molar refractivity (Wildman–Crippen MR) is 105 cm³/mol. The number of likely N-dealkylation sites (tertiary alicyclic amines) is 1. The van der Waals surface area contributed by atoms with Crippen LogP contribution in [-0.4, -0.2) is 36.5 Å². The zero-order valence-electron chi connectivity index (χ0n) is 14.3. The van der Waals surface area contributed by atoms with Gasteiger partial charge in [-0.15, -0.1) is 12.4 Å². The Hall–Kier alpha value is -2.57. The number of urea groups is 1. The molecule has 7 heteroatoms. The number of nitrogens with one attached hydrogen (secondary N) is 1. The number of amides is 3. The van der Waals surface area contributed by atoms with E-state index in [0.717, 1.165) is 0 Å². The summed E-state index contributed by atoms with van der Waals surface area (Å²) in [5.41, 5.74) is 13.3. The maximum atomic E-state index is 12.9. The molecule has 1 aliphatic heterocycles. The minimum Gasteiger partial charge on any atom is -0.351 e. The number of rotatable bonds is 4. The van der Waals surface area contributed by atoms with Gasteiger partial charge in [0.05, 0.1) is 0 Å². The standard InChI is InChI=1S/C19H22N4O2.ClH/c20-10-15-11-23(12-17(15)13-5-2-1-3-6-13)18(24)14-7-4-8-16(9-14)22-19(21)25;/h1-9,15,17H,10-12,20H2,(H3,21,22,25);1H/t15-,17+;/m1./s1. The first-order valence-electron chi connectivity index (χ1n) is 8.29. The molecule has 1 aliphatic rings. The van der Waals surface area contributed by atoms with Crippen LogP contribution in [0.15, 0.2) is 54.6 Å². The Morgan fingerprint density at radius 2 is 1.81 bits per heavy atom. The number of nitrogens with two attached hydrogens (primary N) is 2. The van der Waals surface area contributed by atoms with E-state index in [9.17, 15) is 9.59 Å². The molecule has 2 aromatic carbocycles. The van der Waals surface area contributed by atoms with Crippen molar-refractivity contribution in [1.29, 1.82) is 0 Å². The summed E-state index contributed by atoms with van der Waals surface area (Å²) in [5.74, 6) is 0.408. The van der Waals surface area contributed by atoms with E-state index in [-0.39, 0.29) is 30.2 Å². The second kappa shape index (κ2) is 8.69. The summed E-state index contributed by atoms with van der Waals surface area (Å²) in [6.45, 7) is 1.80. The number of hydrogen-bond acceptors (Lipinski definition) is 3. The van der Waals surface area contributed by atoms with Crippen molar-refractivity contribution in [2.24, 2.45) is 17.4 Å². The Bertz CT molecular complexity index is 769. The fraction of sp³-hybridized carbons (Fsp3) is 0.263. The van der Waals surface area contributed by atoms with E-state index >= 15 is 0 Å². The van der Waals surface area contributed by atoms with Gasteiger partial charge in [0.25, 0.3) is 5.91 Å². The topological polar surface area (TPSA) is 101 Å². The van der Waals surface area contributed by atoms with Crippen LogP contribution >= 0.6 is 12.4 Å². The number of hydrogen-bond donors (Lipinski definition) is 3. The lowest BCUT2D eigenvalue weighted by molar-refractivity contribution is 0.0786. The SMILES string of the molecule is Cl.NC[C@@H]1CN(C(=O)c2cccc(NC(N)=O)c2)C[C@H]1c1ccccc1. The average Bonchev–Trinajstić information content (AvgIpc) is 3.06. The van der Waals surface area contributed by atoms with Crippen molar-refractivity contribution >= 4 is 30.0 Å². The first-order valence-corrected chi connectivity index (χ1v) is 8.29. The second-order valence-corrected chi connectivity index (χ2v) is 6.29. The van der Waals surface area contributed by atoms with Crippen LogP contribution in [0.1, 0.15) is 21.8 Å². The minimum absolute atomic E-state index is 0. The second-order valence-electron chi connectivity index (χ2n) is 6.29. The maximum absolute atomic E-state index is 12.9. The molecule has 2 aromatic rings. The smallest absolute Gasteiger partial charge is 0.316 e. The Balaban J connectivity index is 0.00000243. The van der Waals surface area contributed by atoms with Gasteiger partial charge in [-0.2, -0.15) is 0 Å². The normalized spacial score (nSPS) is 18.9. The van der Waals surface area contributed by atoms with Gasteiger partial charge in [-0.3, -0.25) is 4.79 Å². The summed E-state index contributed by atoms with van der Waals surface area (Å²) in [4.78, 5) is 25.7. The monoisotopic (exact) mass is 374 g/mol. The van der Waals surface area contributed by atoms with Crippen LogP contribution < -0.4 is 16.8 Å². The lowest BCUT2D eigenvalue weighted by Crippen LogP contribution is -2.30. The van der Waals surface area contributed by atoms with Crippen LogP contribution in [0.2, 0.25) is 0 Å². The zero-order chi connectivity index (χ0) is 17.8. The van der Waals surface area contributed by atoms with Crippen LogP contribution in [0.4, 0.5) is 10.5 Å². The minimum atomic E-state index is -0.655. The lowest BCUT2D eigenvalue weighted by atomic mass is 9.89. The van der Waals surface area contributed by atoms with Gasteiger partial charge in [0.1, 0.15) is 0 Å². The number of primary amides is 1. The molecule has 5 N–H and O–H groups in total. The van der Waals surface area contributed by atoms with Crippen molar-refractivity contribution in [2.45, 2.75) is 5.92 Å². The number of carbonyl (C=O) groups is 2. The molecule has 0 saturated carbocycles. The molecule has 0 aromatic heterocycles. The number of benzene rings is 2. The van der Waals surface area contributed by atoms with Gasteiger partial charge in [-0.1, -0.05) is 36.4 Å². The molecule has 2 atom stereocenters. The highest BCUT2D eigenvalue weighted by atomic mass is 35.5. The van der Waals surface area contributed by atoms with E-state index in [1.807, 2.05) is 23.1 Å². The maximum Gasteiger partial charge on any atom is 0.316 e. The van der Waals surface area contributed by atoms with Gasteiger partial charge in [0, 0.05) is 30.3 Å². The first-order chi connectivity index (χ1) is 12.1. The van der Waals surface area contributed by atoms with E-state index in [1.165, 1.54) is 5.56 Å². The number of anilines is 1. The fourth-order valence-electron chi connectivity index (χ4n) is 3.41. The molecule has 1 fully saturated rings. The van der Waals surface area contributed by atoms with Crippen molar-refractivity contribution in [3.63, 3.8) is 0 Å². The lowest BCUT2D eigenvalue weighted by Gasteiger charge is -2.17. The van der Waals surface area contributed by atoms with Crippen molar-refractivity contribution in [1.82, 2.24) is 4.90 Å². The molecule has 3 rings (SSSR count). The largest absolute Gasteiger partial charge is 0.351 e. The molecule has 0 spiro atoms. The Morgan fingerprint density at radius 3 is 2.46 bits per heavy atom. The highest BCUT2D eigenvalue weighted by Gasteiger charge is 2.35. The molecule has 0 bridgehead atoms. The Morgan fingerprint density at radius 1 is 1.08 bits per heavy atom. The van der Waals surface area contributed by atoms with Crippen LogP contribution in [0.5, 0.6) is 0 Å².